The summed E-state index contributed by atoms with van der Waals surface area (Å²) in [5, 5.41) is 0. The minimum Gasteiger partial charge on any atom is -0.430 e. The minimum absolute atomic E-state index is 0.268. The second-order valence-electron chi connectivity index (χ2n) is 7.24. The molecule has 0 aliphatic rings. The maximum Gasteiger partial charge on any atom is 0.509 e. The smallest absolute Gasteiger partial charge is 0.430 e. The Bertz CT molecular complexity index is 444. The quantitative estimate of drug-likeness (QED) is 0.385. The zero-order chi connectivity index (χ0) is 17.9. The summed E-state index contributed by atoms with van der Waals surface area (Å²) in [4.78, 5) is 11.4. The number of allylic oxidation sites excluding steroid dienone is 5. The predicted molar refractivity (Wildman–Crippen MR) is 97.6 cm³/mol. The largest absolute Gasteiger partial charge is 0.509 e. The molecule has 3 nitrogen and oxygen atoms in total. The zero-order valence-corrected chi connectivity index (χ0v) is 16.0. The van der Waals surface area contributed by atoms with Crippen LogP contribution in [0.25, 0.3) is 0 Å². The lowest BCUT2D eigenvalue weighted by Crippen LogP contribution is -2.24. The molecular formula is C20H34O3. The average molecular weight is 322 g/mol. The lowest BCUT2D eigenvalue weighted by molar-refractivity contribution is -0.00247. The van der Waals surface area contributed by atoms with E-state index < -0.39 is 11.8 Å². The topological polar surface area (TPSA) is 35.5 Å². The van der Waals surface area contributed by atoms with Crippen molar-refractivity contribution in [2.24, 2.45) is 0 Å². The first-order chi connectivity index (χ1) is 10.6. The molecule has 0 aromatic rings. The molecule has 0 aliphatic heterocycles. The second kappa shape index (κ2) is 11.1. The van der Waals surface area contributed by atoms with E-state index in [1.807, 2.05) is 26.8 Å². The van der Waals surface area contributed by atoms with Crippen LogP contribution in [-0.4, -0.2) is 18.4 Å². The summed E-state index contributed by atoms with van der Waals surface area (Å²) in [6, 6.07) is 0. The highest BCUT2D eigenvalue weighted by atomic mass is 16.7. The van der Waals surface area contributed by atoms with E-state index in [1.54, 1.807) is 0 Å². The Morgan fingerprint density at radius 1 is 0.870 bits per heavy atom. The molecule has 0 fully saturated rings. The summed E-state index contributed by atoms with van der Waals surface area (Å²) in [7, 11) is 0. The maximum absolute atomic E-state index is 11.4. The highest BCUT2D eigenvalue weighted by Crippen LogP contribution is 2.12. The van der Waals surface area contributed by atoms with Crippen LogP contribution in [0.5, 0.6) is 0 Å². The molecule has 0 radical (unpaired) electrons. The van der Waals surface area contributed by atoms with Crippen LogP contribution in [0.3, 0.4) is 0 Å². The molecule has 0 spiro atoms. The van der Waals surface area contributed by atoms with Gasteiger partial charge in [0.1, 0.15) is 12.2 Å². The van der Waals surface area contributed by atoms with Crippen molar-refractivity contribution in [1.29, 1.82) is 0 Å². The van der Waals surface area contributed by atoms with E-state index in [0.29, 0.717) is 0 Å². The average Bonchev–Trinajstić information content (AvgIpc) is 2.35. The van der Waals surface area contributed by atoms with Crippen molar-refractivity contribution in [3.63, 3.8) is 0 Å². The van der Waals surface area contributed by atoms with Gasteiger partial charge in [0.2, 0.25) is 0 Å². The van der Waals surface area contributed by atoms with Crippen LogP contribution in [0.1, 0.15) is 74.1 Å². The van der Waals surface area contributed by atoms with Gasteiger partial charge in [-0.2, -0.15) is 0 Å². The summed E-state index contributed by atoms with van der Waals surface area (Å²) in [5.74, 6) is 0. The fourth-order valence-corrected chi connectivity index (χ4v) is 1.87. The van der Waals surface area contributed by atoms with Crippen molar-refractivity contribution < 1.29 is 14.3 Å². The van der Waals surface area contributed by atoms with Crippen LogP contribution in [0.15, 0.2) is 34.9 Å². The molecule has 0 bridgehead atoms. The fourth-order valence-electron chi connectivity index (χ4n) is 1.87. The molecular weight excluding hydrogens is 288 g/mol. The number of carbonyl (C=O) groups excluding carboxylic acids is 1. The molecule has 3 heteroatoms. The van der Waals surface area contributed by atoms with Gasteiger partial charge in [-0.25, -0.2) is 4.79 Å². The standard InChI is InChI=1S/C20H34O3/c1-16(2)10-8-11-17(3)12-9-13-18(4)14-15-22-19(21)23-20(5,6)7/h10,12,14H,8-9,11,13,15H2,1-7H3/b17-12-,18-14+. The number of ether oxygens (including phenoxy) is 2. The van der Waals surface area contributed by atoms with Crippen molar-refractivity contribution in [1.82, 2.24) is 0 Å². The van der Waals surface area contributed by atoms with Crippen LogP contribution >= 0.6 is 0 Å². The second-order valence-corrected chi connectivity index (χ2v) is 7.24. The van der Waals surface area contributed by atoms with Crippen LogP contribution < -0.4 is 0 Å². The monoisotopic (exact) mass is 322 g/mol. The summed E-state index contributed by atoms with van der Waals surface area (Å²) < 4.78 is 10.1. The van der Waals surface area contributed by atoms with Crippen LogP contribution in [-0.2, 0) is 9.47 Å². The van der Waals surface area contributed by atoms with E-state index in [2.05, 4.69) is 39.8 Å². The van der Waals surface area contributed by atoms with E-state index in [4.69, 9.17) is 9.47 Å². The fraction of sp³-hybridized carbons (Fsp3) is 0.650. The Morgan fingerprint density at radius 3 is 1.91 bits per heavy atom. The Morgan fingerprint density at radius 2 is 1.39 bits per heavy atom. The lowest BCUT2D eigenvalue weighted by Gasteiger charge is -2.18. The molecule has 0 saturated carbocycles. The molecule has 0 unspecified atom stereocenters. The normalized spacial score (nSPS) is 12.8. The predicted octanol–water partition coefficient (Wildman–Crippen LogP) is 6.36. The first-order valence-corrected chi connectivity index (χ1v) is 8.40. The van der Waals surface area contributed by atoms with Gasteiger partial charge in [0.05, 0.1) is 0 Å². The Labute approximate surface area is 142 Å². The Hall–Kier alpha value is -1.51. The Balaban J connectivity index is 3.98. The molecule has 0 aromatic heterocycles. The van der Waals surface area contributed by atoms with Gasteiger partial charge in [0.15, 0.2) is 0 Å². The van der Waals surface area contributed by atoms with Gasteiger partial charge < -0.3 is 9.47 Å². The Kier molecular flexibility index (Phi) is 10.4. The van der Waals surface area contributed by atoms with Crippen LogP contribution in [0.4, 0.5) is 4.79 Å². The van der Waals surface area contributed by atoms with Gasteiger partial charge in [-0.1, -0.05) is 28.9 Å². The molecule has 0 N–H and O–H groups in total. The van der Waals surface area contributed by atoms with E-state index in [9.17, 15) is 4.79 Å². The first-order valence-electron chi connectivity index (χ1n) is 8.40. The van der Waals surface area contributed by atoms with Crippen molar-refractivity contribution >= 4 is 6.16 Å². The van der Waals surface area contributed by atoms with Gasteiger partial charge in [-0.3, -0.25) is 0 Å². The number of hydrogen-bond acceptors (Lipinski definition) is 3. The molecule has 132 valence electrons. The van der Waals surface area contributed by atoms with E-state index in [1.165, 1.54) is 16.7 Å². The SMILES string of the molecule is CC(C)=CCC/C(C)=C\CC/C(C)=C/COC(=O)OC(C)(C)C. The summed E-state index contributed by atoms with van der Waals surface area (Å²) in [6.07, 6.45) is 10.1. The molecule has 0 saturated heterocycles. The molecule has 0 amide bonds. The zero-order valence-electron chi connectivity index (χ0n) is 16.0. The molecule has 0 heterocycles. The van der Waals surface area contributed by atoms with Crippen molar-refractivity contribution in [3.8, 4) is 0 Å². The number of rotatable bonds is 8. The van der Waals surface area contributed by atoms with Crippen LogP contribution in [0, 0.1) is 0 Å². The van der Waals surface area contributed by atoms with Gasteiger partial charge in [0, 0.05) is 0 Å². The van der Waals surface area contributed by atoms with Crippen LogP contribution in [0.2, 0.25) is 0 Å². The highest BCUT2D eigenvalue weighted by Gasteiger charge is 2.16. The molecule has 0 aliphatic carbocycles. The van der Waals surface area contributed by atoms with Crippen molar-refractivity contribution in [2.75, 3.05) is 6.61 Å². The number of hydrogen-bond donors (Lipinski definition) is 0. The van der Waals surface area contributed by atoms with E-state index in [0.717, 1.165) is 25.7 Å². The lowest BCUT2D eigenvalue weighted by atomic mass is 10.1. The van der Waals surface area contributed by atoms with E-state index in [-0.39, 0.29) is 6.61 Å². The molecule has 0 aromatic carbocycles. The van der Waals surface area contributed by atoms with Gasteiger partial charge >= 0.3 is 6.16 Å². The molecule has 0 atom stereocenters. The van der Waals surface area contributed by atoms with Gasteiger partial charge in [-0.15, -0.1) is 0 Å². The number of carbonyl (C=O) groups is 1. The van der Waals surface area contributed by atoms with Crippen molar-refractivity contribution in [2.45, 2.75) is 79.8 Å². The third kappa shape index (κ3) is 15.2. The van der Waals surface area contributed by atoms with Gasteiger partial charge in [-0.05, 0) is 80.2 Å². The summed E-state index contributed by atoms with van der Waals surface area (Å²) >= 11 is 0. The van der Waals surface area contributed by atoms with E-state index >= 15 is 0 Å². The molecule has 0 rings (SSSR count). The third-order valence-corrected chi connectivity index (χ3v) is 3.15. The third-order valence-electron chi connectivity index (χ3n) is 3.15. The minimum atomic E-state index is -0.614. The highest BCUT2D eigenvalue weighted by molar-refractivity contribution is 5.60. The summed E-state index contributed by atoms with van der Waals surface area (Å²) in [5.41, 5.74) is 3.52. The van der Waals surface area contributed by atoms with Gasteiger partial charge in [0.25, 0.3) is 0 Å². The molecule has 23 heavy (non-hydrogen) atoms. The summed E-state index contributed by atoms with van der Waals surface area (Å²) in [6.45, 7) is 14.2. The maximum atomic E-state index is 11.4. The van der Waals surface area contributed by atoms with Crippen molar-refractivity contribution in [3.05, 3.63) is 34.9 Å². The first kappa shape index (κ1) is 21.5.